The Balaban J connectivity index is 2.11. The summed E-state index contributed by atoms with van der Waals surface area (Å²) < 4.78 is 45.6. The van der Waals surface area contributed by atoms with Crippen molar-refractivity contribution < 1.29 is 27.8 Å². The molecule has 2 aromatic rings. The molecule has 0 saturated heterocycles. The summed E-state index contributed by atoms with van der Waals surface area (Å²) in [6.07, 6.45) is -4.72. The lowest BCUT2D eigenvalue weighted by Crippen LogP contribution is -2.28. The molecule has 0 spiro atoms. The van der Waals surface area contributed by atoms with E-state index in [0.717, 1.165) is 5.56 Å². The summed E-state index contributed by atoms with van der Waals surface area (Å²) in [5, 5.41) is 9.02. The van der Waals surface area contributed by atoms with Crippen molar-refractivity contribution in [3.05, 3.63) is 60.1 Å². The maximum absolute atomic E-state index is 12.1. The zero-order valence-corrected chi connectivity index (χ0v) is 12.9. The van der Waals surface area contributed by atoms with E-state index in [-0.39, 0.29) is 17.3 Å². The van der Waals surface area contributed by atoms with Crippen molar-refractivity contribution in [1.29, 1.82) is 0 Å². The van der Waals surface area contributed by atoms with Crippen molar-refractivity contribution in [2.75, 3.05) is 6.61 Å². The van der Waals surface area contributed by atoms with Crippen LogP contribution in [0.3, 0.4) is 0 Å². The number of hydrogen-bond acceptors (Lipinski definition) is 6. The van der Waals surface area contributed by atoms with Gasteiger partial charge in [0.25, 0.3) is 0 Å². The topological polar surface area (TPSA) is 103 Å². The molecule has 6 nitrogen and oxygen atoms in total. The summed E-state index contributed by atoms with van der Waals surface area (Å²) in [6, 6.07) is 12.1. The number of halogens is 3. The van der Waals surface area contributed by atoms with Crippen molar-refractivity contribution in [3.8, 4) is 22.6 Å². The lowest BCUT2D eigenvalue weighted by Gasteiger charge is -2.11. The Morgan fingerprint density at radius 3 is 1.84 bits per heavy atom. The van der Waals surface area contributed by atoms with E-state index in [1.165, 1.54) is 24.3 Å². The molecule has 0 saturated carbocycles. The SMILES string of the molecule is NN/C(CO)=C(\N)Oc1ccc(-c2ccc(OC(F)(F)F)cc2)cc1. The van der Waals surface area contributed by atoms with Gasteiger partial charge in [-0.05, 0) is 35.4 Å². The van der Waals surface area contributed by atoms with E-state index in [1.807, 2.05) is 0 Å². The number of hydrazine groups is 1. The summed E-state index contributed by atoms with van der Waals surface area (Å²) in [6.45, 7) is -0.410. The molecule has 9 heteroatoms. The van der Waals surface area contributed by atoms with E-state index < -0.39 is 13.0 Å². The van der Waals surface area contributed by atoms with Crippen molar-refractivity contribution in [2.45, 2.75) is 6.36 Å². The van der Waals surface area contributed by atoms with Gasteiger partial charge in [-0.25, -0.2) is 0 Å². The number of rotatable bonds is 6. The quantitative estimate of drug-likeness (QED) is 0.360. The normalized spacial score (nSPS) is 12.4. The minimum atomic E-state index is -4.72. The van der Waals surface area contributed by atoms with Crippen molar-refractivity contribution in [3.63, 3.8) is 0 Å². The van der Waals surface area contributed by atoms with Crippen molar-refractivity contribution >= 4 is 0 Å². The fourth-order valence-corrected chi connectivity index (χ4v) is 1.95. The van der Waals surface area contributed by atoms with Gasteiger partial charge in [0.15, 0.2) is 0 Å². The van der Waals surface area contributed by atoms with E-state index in [2.05, 4.69) is 10.2 Å². The molecule has 0 atom stereocenters. The number of benzene rings is 2. The first-order chi connectivity index (χ1) is 11.8. The third kappa shape index (κ3) is 5.30. The van der Waals surface area contributed by atoms with E-state index in [0.29, 0.717) is 11.3 Å². The Hall–Kier alpha value is -2.91. The zero-order chi connectivity index (χ0) is 18.4. The van der Waals surface area contributed by atoms with Gasteiger partial charge < -0.3 is 25.7 Å². The number of aliphatic hydroxyl groups is 1. The monoisotopic (exact) mass is 355 g/mol. The zero-order valence-electron chi connectivity index (χ0n) is 12.9. The van der Waals surface area contributed by atoms with Gasteiger partial charge >= 0.3 is 6.36 Å². The van der Waals surface area contributed by atoms with Crippen LogP contribution < -0.4 is 26.5 Å². The van der Waals surface area contributed by atoms with E-state index in [9.17, 15) is 13.2 Å². The Morgan fingerprint density at radius 1 is 0.960 bits per heavy atom. The minimum absolute atomic E-state index is 0.0774. The van der Waals surface area contributed by atoms with Crippen LogP contribution in [0.5, 0.6) is 11.5 Å². The molecule has 0 heterocycles. The molecule has 2 rings (SSSR count). The highest BCUT2D eigenvalue weighted by Gasteiger charge is 2.30. The molecule has 0 radical (unpaired) electrons. The van der Waals surface area contributed by atoms with Gasteiger partial charge in [0.2, 0.25) is 5.88 Å². The summed E-state index contributed by atoms with van der Waals surface area (Å²) in [5.41, 5.74) is 9.44. The standard InChI is InChI=1S/C16H16F3N3O3/c17-16(18,19)25-13-7-3-11(4-8-13)10-1-5-12(6-2-10)24-15(20)14(9-23)22-21/h1-8,22-23H,9,20-21H2/b15-14+. The molecular weight excluding hydrogens is 339 g/mol. The van der Waals surface area contributed by atoms with Crippen LogP contribution in [0.25, 0.3) is 11.1 Å². The fourth-order valence-electron chi connectivity index (χ4n) is 1.95. The maximum atomic E-state index is 12.1. The van der Waals surface area contributed by atoms with Gasteiger partial charge in [0, 0.05) is 0 Å². The number of alkyl halides is 3. The summed E-state index contributed by atoms with van der Waals surface area (Å²) in [4.78, 5) is 0. The molecule has 25 heavy (non-hydrogen) atoms. The molecule has 134 valence electrons. The molecule has 6 N–H and O–H groups in total. The molecule has 0 aromatic heterocycles. The van der Waals surface area contributed by atoms with Crippen LogP contribution >= 0.6 is 0 Å². The number of nitrogens with two attached hydrogens (primary N) is 2. The van der Waals surface area contributed by atoms with Gasteiger partial charge in [0.1, 0.15) is 17.2 Å². The second-order valence-electron chi connectivity index (χ2n) is 4.84. The Labute approximate surface area is 141 Å². The van der Waals surface area contributed by atoms with E-state index >= 15 is 0 Å². The number of ether oxygens (including phenoxy) is 2. The first kappa shape index (κ1) is 18.4. The molecular formula is C16H16F3N3O3. The predicted octanol–water partition coefficient (Wildman–Crippen LogP) is 2.21. The molecule has 0 aliphatic carbocycles. The Bertz CT molecular complexity index is 723. The first-order valence-electron chi connectivity index (χ1n) is 7.02. The summed E-state index contributed by atoms with van der Waals surface area (Å²) >= 11 is 0. The van der Waals surface area contributed by atoms with Crippen molar-refractivity contribution in [2.24, 2.45) is 11.6 Å². The highest BCUT2D eigenvalue weighted by Crippen LogP contribution is 2.27. The largest absolute Gasteiger partial charge is 0.573 e. The van der Waals surface area contributed by atoms with E-state index in [1.54, 1.807) is 24.3 Å². The Kier molecular flexibility index (Phi) is 5.73. The third-order valence-electron chi connectivity index (χ3n) is 3.13. The number of hydrogen-bond donors (Lipinski definition) is 4. The molecule has 0 aliphatic heterocycles. The van der Waals surface area contributed by atoms with Gasteiger partial charge in [0.05, 0.1) is 6.61 Å². The van der Waals surface area contributed by atoms with Crippen LogP contribution in [0.4, 0.5) is 13.2 Å². The van der Waals surface area contributed by atoms with Crippen LogP contribution in [0, 0.1) is 0 Å². The third-order valence-corrected chi connectivity index (χ3v) is 3.13. The molecule has 0 aliphatic rings. The lowest BCUT2D eigenvalue weighted by atomic mass is 10.1. The number of nitrogens with one attached hydrogen (secondary N) is 1. The van der Waals surface area contributed by atoms with Gasteiger partial charge in [-0.2, -0.15) is 0 Å². The second kappa shape index (κ2) is 7.77. The highest BCUT2D eigenvalue weighted by atomic mass is 19.4. The smallest absolute Gasteiger partial charge is 0.440 e. The van der Waals surface area contributed by atoms with Crippen LogP contribution in [0.1, 0.15) is 0 Å². The van der Waals surface area contributed by atoms with Crippen molar-refractivity contribution in [1.82, 2.24) is 5.43 Å². The molecule has 2 aromatic carbocycles. The highest BCUT2D eigenvalue weighted by molar-refractivity contribution is 5.64. The van der Waals surface area contributed by atoms with Crippen LogP contribution in [-0.2, 0) is 0 Å². The molecule has 0 amide bonds. The molecule has 0 fully saturated rings. The van der Waals surface area contributed by atoms with Gasteiger partial charge in [-0.3, -0.25) is 5.84 Å². The van der Waals surface area contributed by atoms with Gasteiger partial charge in [-0.1, -0.05) is 24.3 Å². The first-order valence-corrected chi connectivity index (χ1v) is 7.02. The van der Waals surface area contributed by atoms with Gasteiger partial charge in [-0.15, -0.1) is 13.2 Å². The average molecular weight is 355 g/mol. The molecule has 0 bridgehead atoms. The summed E-state index contributed by atoms with van der Waals surface area (Å²) in [5.74, 6) is 5.21. The van der Waals surface area contributed by atoms with Crippen LogP contribution in [0.2, 0.25) is 0 Å². The lowest BCUT2D eigenvalue weighted by molar-refractivity contribution is -0.274. The molecule has 0 unspecified atom stereocenters. The Morgan fingerprint density at radius 2 is 1.44 bits per heavy atom. The van der Waals surface area contributed by atoms with E-state index in [4.69, 9.17) is 21.4 Å². The number of aliphatic hydroxyl groups excluding tert-OH is 1. The van der Waals surface area contributed by atoms with Crippen LogP contribution in [-0.4, -0.2) is 18.1 Å². The maximum Gasteiger partial charge on any atom is 0.573 e. The summed E-state index contributed by atoms with van der Waals surface area (Å²) in [7, 11) is 0. The van der Waals surface area contributed by atoms with Crippen LogP contribution in [0.15, 0.2) is 60.1 Å². The second-order valence-corrected chi connectivity index (χ2v) is 4.84. The fraction of sp³-hybridized carbons (Fsp3) is 0.125. The average Bonchev–Trinajstić information content (AvgIpc) is 2.56. The minimum Gasteiger partial charge on any atom is -0.440 e. The predicted molar refractivity (Wildman–Crippen MR) is 84.8 cm³/mol.